The van der Waals surface area contributed by atoms with Crippen molar-refractivity contribution in [1.29, 1.82) is 0 Å². The topological polar surface area (TPSA) is 58.4 Å². The number of nitrogens with one attached hydrogen (secondary N) is 1. The Hall–Kier alpha value is -1.26. The van der Waals surface area contributed by atoms with E-state index in [9.17, 15) is 4.79 Å². The van der Waals surface area contributed by atoms with E-state index in [1.165, 1.54) is 25.9 Å². The number of amides is 1. The third kappa shape index (κ3) is 5.94. The van der Waals surface area contributed by atoms with Gasteiger partial charge in [-0.2, -0.15) is 0 Å². The molecule has 0 radical (unpaired) electrons. The second-order valence-electron chi connectivity index (χ2n) is 5.76. The summed E-state index contributed by atoms with van der Waals surface area (Å²) >= 11 is 0. The molecule has 0 aromatic heterocycles. The number of likely N-dealkylation sites (tertiary alicyclic amines) is 1. The van der Waals surface area contributed by atoms with Gasteiger partial charge in [-0.25, -0.2) is 0 Å². The number of benzene rings is 1. The van der Waals surface area contributed by atoms with Crippen molar-refractivity contribution in [2.75, 3.05) is 31.9 Å². The summed E-state index contributed by atoms with van der Waals surface area (Å²) in [5.74, 6) is 0.855. The van der Waals surface area contributed by atoms with Crippen LogP contribution in [-0.2, 0) is 0 Å². The maximum absolute atomic E-state index is 11.9. The van der Waals surface area contributed by atoms with Crippen LogP contribution in [0.15, 0.2) is 24.3 Å². The molecule has 1 heterocycles. The Kier molecular flexibility index (Phi) is 7.54. The molecule has 0 atom stereocenters. The first kappa shape index (κ1) is 17.8. The standard InChI is InChI=1S/C16H25N3O.ClH/c1-13-7-11-19(12-8-13)10-2-9-18-16(20)14-3-5-15(17)6-4-14;/h3-6,13H,2,7-12,17H2,1H3,(H,18,20);1H. The van der Waals surface area contributed by atoms with Crippen molar-refractivity contribution >= 4 is 24.0 Å². The Balaban J connectivity index is 0.00000220. The molecule has 4 nitrogen and oxygen atoms in total. The van der Waals surface area contributed by atoms with Crippen LogP contribution >= 0.6 is 12.4 Å². The predicted molar refractivity (Wildman–Crippen MR) is 89.9 cm³/mol. The van der Waals surface area contributed by atoms with Crippen LogP contribution in [0.2, 0.25) is 0 Å². The number of hydrogen-bond acceptors (Lipinski definition) is 3. The predicted octanol–water partition coefficient (Wildman–Crippen LogP) is 2.54. The molecule has 1 aromatic rings. The Bertz CT molecular complexity index is 428. The lowest BCUT2D eigenvalue weighted by molar-refractivity contribution is 0.0950. The molecule has 3 N–H and O–H groups in total. The molecule has 5 heteroatoms. The maximum Gasteiger partial charge on any atom is 0.251 e. The highest BCUT2D eigenvalue weighted by Crippen LogP contribution is 2.15. The molecule has 118 valence electrons. The van der Waals surface area contributed by atoms with Gasteiger partial charge in [0, 0.05) is 17.8 Å². The van der Waals surface area contributed by atoms with Crippen molar-refractivity contribution in [3.8, 4) is 0 Å². The van der Waals surface area contributed by atoms with Crippen molar-refractivity contribution in [3.05, 3.63) is 29.8 Å². The molecular weight excluding hydrogens is 286 g/mol. The van der Waals surface area contributed by atoms with Gasteiger partial charge >= 0.3 is 0 Å². The largest absolute Gasteiger partial charge is 0.399 e. The fourth-order valence-electron chi connectivity index (χ4n) is 2.53. The molecule has 0 aliphatic carbocycles. The van der Waals surface area contributed by atoms with Crippen LogP contribution in [0.1, 0.15) is 36.5 Å². The summed E-state index contributed by atoms with van der Waals surface area (Å²) in [6.07, 6.45) is 3.62. The molecule has 1 amide bonds. The highest BCUT2D eigenvalue weighted by molar-refractivity contribution is 5.94. The average Bonchev–Trinajstić information content (AvgIpc) is 2.46. The Morgan fingerprint density at radius 1 is 1.29 bits per heavy atom. The third-order valence-corrected chi connectivity index (χ3v) is 3.99. The van der Waals surface area contributed by atoms with Gasteiger partial charge in [-0.15, -0.1) is 12.4 Å². The van der Waals surface area contributed by atoms with Gasteiger partial charge in [-0.1, -0.05) is 6.92 Å². The quantitative estimate of drug-likeness (QED) is 0.649. The minimum absolute atomic E-state index is 0. The van der Waals surface area contributed by atoms with Crippen LogP contribution in [0.25, 0.3) is 0 Å². The number of carbonyl (C=O) groups excluding carboxylic acids is 1. The first-order chi connectivity index (χ1) is 9.65. The summed E-state index contributed by atoms with van der Waals surface area (Å²) < 4.78 is 0. The van der Waals surface area contributed by atoms with Gasteiger partial charge in [-0.3, -0.25) is 4.79 Å². The summed E-state index contributed by atoms with van der Waals surface area (Å²) in [7, 11) is 0. The zero-order valence-electron chi connectivity index (χ0n) is 12.7. The lowest BCUT2D eigenvalue weighted by Gasteiger charge is -2.30. The number of nitrogen functional groups attached to an aromatic ring is 1. The van der Waals surface area contributed by atoms with Gasteiger partial charge in [0.2, 0.25) is 0 Å². The van der Waals surface area contributed by atoms with Crippen molar-refractivity contribution in [2.45, 2.75) is 26.2 Å². The van der Waals surface area contributed by atoms with Crippen LogP contribution in [0.5, 0.6) is 0 Å². The van der Waals surface area contributed by atoms with E-state index < -0.39 is 0 Å². The number of piperidine rings is 1. The van der Waals surface area contributed by atoms with E-state index in [4.69, 9.17) is 5.73 Å². The highest BCUT2D eigenvalue weighted by atomic mass is 35.5. The molecule has 2 rings (SSSR count). The van der Waals surface area contributed by atoms with Crippen LogP contribution < -0.4 is 11.1 Å². The molecule has 0 unspecified atom stereocenters. The van der Waals surface area contributed by atoms with Crippen molar-refractivity contribution in [2.24, 2.45) is 5.92 Å². The molecule has 1 aliphatic heterocycles. The molecule has 1 fully saturated rings. The van der Waals surface area contributed by atoms with E-state index in [2.05, 4.69) is 17.1 Å². The summed E-state index contributed by atoms with van der Waals surface area (Å²) in [5.41, 5.74) is 6.96. The Morgan fingerprint density at radius 3 is 2.52 bits per heavy atom. The van der Waals surface area contributed by atoms with Crippen LogP contribution in [-0.4, -0.2) is 37.0 Å². The molecule has 1 aliphatic rings. The van der Waals surface area contributed by atoms with E-state index in [0.29, 0.717) is 11.3 Å². The Morgan fingerprint density at radius 2 is 1.90 bits per heavy atom. The average molecular weight is 312 g/mol. The van der Waals surface area contributed by atoms with Crippen LogP contribution in [0.3, 0.4) is 0 Å². The molecule has 21 heavy (non-hydrogen) atoms. The molecule has 1 aromatic carbocycles. The number of anilines is 1. The van der Waals surface area contributed by atoms with Gasteiger partial charge in [0.05, 0.1) is 0 Å². The van der Waals surface area contributed by atoms with Crippen molar-refractivity contribution in [1.82, 2.24) is 10.2 Å². The van der Waals surface area contributed by atoms with Gasteiger partial charge in [0.25, 0.3) is 5.91 Å². The lowest BCUT2D eigenvalue weighted by atomic mass is 9.99. The molecule has 0 spiro atoms. The first-order valence-corrected chi connectivity index (χ1v) is 7.51. The van der Waals surface area contributed by atoms with Crippen LogP contribution in [0.4, 0.5) is 5.69 Å². The zero-order chi connectivity index (χ0) is 14.4. The summed E-state index contributed by atoms with van der Waals surface area (Å²) in [4.78, 5) is 14.4. The molecule has 0 saturated carbocycles. The SMILES string of the molecule is CC1CCN(CCCNC(=O)c2ccc(N)cc2)CC1.Cl. The number of nitrogens with two attached hydrogens (primary N) is 1. The van der Waals surface area contributed by atoms with E-state index >= 15 is 0 Å². The highest BCUT2D eigenvalue weighted by Gasteiger charge is 2.14. The second kappa shape index (κ2) is 8.90. The van der Waals surface area contributed by atoms with Gasteiger partial charge in [-0.05, 0) is 69.1 Å². The van der Waals surface area contributed by atoms with Crippen molar-refractivity contribution in [3.63, 3.8) is 0 Å². The summed E-state index contributed by atoms with van der Waals surface area (Å²) in [5, 5.41) is 2.96. The lowest BCUT2D eigenvalue weighted by Crippen LogP contribution is -2.35. The van der Waals surface area contributed by atoms with E-state index in [0.717, 1.165) is 25.4 Å². The second-order valence-corrected chi connectivity index (χ2v) is 5.76. The number of rotatable bonds is 5. The maximum atomic E-state index is 11.9. The molecule has 1 saturated heterocycles. The first-order valence-electron chi connectivity index (χ1n) is 7.51. The number of hydrogen-bond donors (Lipinski definition) is 2. The van der Waals surface area contributed by atoms with Gasteiger partial charge < -0.3 is 16.0 Å². The third-order valence-electron chi connectivity index (χ3n) is 3.99. The fourth-order valence-corrected chi connectivity index (χ4v) is 2.53. The van der Waals surface area contributed by atoms with Crippen LogP contribution in [0, 0.1) is 5.92 Å². The number of nitrogens with zero attached hydrogens (tertiary/aromatic N) is 1. The summed E-state index contributed by atoms with van der Waals surface area (Å²) in [6, 6.07) is 7.03. The molecular formula is C16H26ClN3O. The van der Waals surface area contributed by atoms with Gasteiger partial charge in [0.1, 0.15) is 0 Å². The summed E-state index contributed by atoms with van der Waals surface area (Å²) in [6.45, 7) is 6.54. The van der Waals surface area contributed by atoms with E-state index in [1.807, 2.05) is 0 Å². The number of halogens is 1. The smallest absolute Gasteiger partial charge is 0.251 e. The fraction of sp³-hybridized carbons (Fsp3) is 0.562. The monoisotopic (exact) mass is 311 g/mol. The normalized spacial score (nSPS) is 16.2. The van der Waals surface area contributed by atoms with E-state index in [-0.39, 0.29) is 18.3 Å². The van der Waals surface area contributed by atoms with E-state index in [1.54, 1.807) is 24.3 Å². The minimum atomic E-state index is -0.0164. The Labute approximate surface area is 133 Å². The minimum Gasteiger partial charge on any atom is -0.399 e. The molecule has 0 bridgehead atoms. The number of carbonyl (C=O) groups is 1. The van der Waals surface area contributed by atoms with Crippen molar-refractivity contribution < 1.29 is 4.79 Å². The van der Waals surface area contributed by atoms with Gasteiger partial charge in [0.15, 0.2) is 0 Å². The zero-order valence-corrected chi connectivity index (χ0v) is 13.5.